The van der Waals surface area contributed by atoms with Gasteiger partial charge >= 0.3 is 11.9 Å². The van der Waals surface area contributed by atoms with Crippen LogP contribution in [0.4, 0.5) is 0 Å². The summed E-state index contributed by atoms with van der Waals surface area (Å²) in [6, 6.07) is 13.7. The number of ketones is 2. The second-order valence-electron chi connectivity index (χ2n) is 8.11. The third kappa shape index (κ3) is 3.02. The van der Waals surface area contributed by atoms with Gasteiger partial charge in [0.2, 0.25) is 0 Å². The SMILES string of the molecule is O=C1C=CC(Cl)=C2C1=c1ccccc1=C2C(=O)OC(=O)C1=c2ccccc2=C2C(=O)C=CC(Cl)=C21. The van der Waals surface area contributed by atoms with Gasteiger partial charge in [0.05, 0.1) is 11.1 Å². The lowest BCUT2D eigenvalue weighted by atomic mass is 9.93. The van der Waals surface area contributed by atoms with Gasteiger partial charge in [-0.15, -0.1) is 0 Å². The molecular formula is C28H12Cl2O5. The molecule has 6 rings (SSSR count). The van der Waals surface area contributed by atoms with E-state index in [1.165, 1.54) is 24.3 Å². The van der Waals surface area contributed by atoms with E-state index in [-0.39, 0.29) is 55.1 Å². The molecule has 0 aromatic heterocycles. The number of halogens is 2. The van der Waals surface area contributed by atoms with Crippen molar-refractivity contribution in [1.29, 1.82) is 0 Å². The molecule has 4 aliphatic rings. The van der Waals surface area contributed by atoms with E-state index in [0.29, 0.717) is 20.9 Å². The Kier molecular flexibility index (Phi) is 4.74. The number of hydrogen-bond donors (Lipinski definition) is 0. The lowest BCUT2D eigenvalue weighted by molar-refractivity contribution is -0.151. The van der Waals surface area contributed by atoms with Gasteiger partial charge in [-0.3, -0.25) is 9.59 Å². The van der Waals surface area contributed by atoms with Crippen LogP contribution in [0.5, 0.6) is 0 Å². The van der Waals surface area contributed by atoms with Crippen molar-refractivity contribution in [3.63, 3.8) is 0 Å². The van der Waals surface area contributed by atoms with Crippen molar-refractivity contribution < 1.29 is 23.9 Å². The van der Waals surface area contributed by atoms with E-state index in [4.69, 9.17) is 27.9 Å². The molecule has 168 valence electrons. The normalized spacial score (nSPS) is 17.7. The number of carbonyl (C=O) groups is 4. The Morgan fingerprint density at radius 3 is 1.31 bits per heavy atom. The first-order chi connectivity index (χ1) is 16.9. The first kappa shape index (κ1) is 21.5. The summed E-state index contributed by atoms with van der Waals surface area (Å²) < 4.78 is 5.36. The van der Waals surface area contributed by atoms with Gasteiger partial charge in [0.1, 0.15) is 0 Å². The van der Waals surface area contributed by atoms with Gasteiger partial charge in [-0.1, -0.05) is 71.7 Å². The molecule has 0 saturated carbocycles. The highest BCUT2D eigenvalue weighted by Crippen LogP contribution is 2.36. The average molecular weight is 499 g/mol. The summed E-state index contributed by atoms with van der Waals surface area (Å²) in [5, 5.41) is 2.36. The minimum atomic E-state index is -0.957. The quantitative estimate of drug-likeness (QED) is 0.461. The van der Waals surface area contributed by atoms with E-state index in [0.717, 1.165) is 0 Å². The molecule has 0 unspecified atom stereocenters. The van der Waals surface area contributed by atoms with Crippen molar-refractivity contribution in [2.45, 2.75) is 0 Å². The summed E-state index contributed by atoms with van der Waals surface area (Å²) in [6.45, 7) is 0. The molecule has 0 fully saturated rings. The summed E-state index contributed by atoms with van der Waals surface area (Å²) in [6.07, 6.45) is 5.50. The van der Waals surface area contributed by atoms with Crippen LogP contribution in [0.2, 0.25) is 0 Å². The molecule has 2 aromatic rings. The fourth-order valence-electron chi connectivity index (χ4n) is 4.86. The Bertz CT molecular complexity index is 1710. The molecule has 0 heterocycles. The zero-order valence-corrected chi connectivity index (χ0v) is 19.2. The molecule has 0 atom stereocenters. The highest BCUT2D eigenvalue weighted by atomic mass is 35.5. The van der Waals surface area contributed by atoms with Crippen molar-refractivity contribution in [1.82, 2.24) is 0 Å². The Morgan fingerprint density at radius 2 is 0.914 bits per heavy atom. The van der Waals surface area contributed by atoms with E-state index >= 15 is 0 Å². The fourth-order valence-corrected chi connectivity index (χ4v) is 5.36. The third-order valence-electron chi connectivity index (χ3n) is 6.26. The van der Waals surface area contributed by atoms with E-state index in [1.54, 1.807) is 48.5 Å². The maximum absolute atomic E-state index is 13.4. The summed E-state index contributed by atoms with van der Waals surface area (Å²) in [5.74, 6) is -2.51. The molecule has 7 heteroatoms. The van der Waals surface area contributed by atoms with Crippen LogP contribution in [0, 0.1) is 0 Å². The van der Waals surface area contributed by atoms with Gasteiger partial charge in [-0.05, 0) is 45.2 Å². The maximum atomic E-state index is 13.4. The number of rotatable bonds is 2. The van der Waals surface area contributed by atoms with Gasteiger partial charge < -0.3 is 4.74 Å². The number of esters is 2. The van der Waals surface area contributed by atoms with E-state index in [1.807, 2.05) is 0 Å². The molecule has 0 bridgehead atoms. The Labute approximate surface area is 207 Å². The number of fused-ring (bicyclic) bond motifs is 4. The topological polar surface area (TPSA) is 77.5 Å². The Hall–Kier alpha value is -4.06. The molecule has 2 aromatic carbocycles. The van der Waals surface area contributed by atoms with Gasteiger partial charge in [0, 0.05) is 32.4 Å². The number of benzene rings is 2. The molecule has 0 amide bonds. The predicted octanol–water partition coefficient (Wildman–Crippen LogP) is 1.35. The largest absolute Gasteiger partial charge is 0.386 e. The molecule has 0 saturated heterocycles. The van der Waals surface area contributed by atoms with Crippen molar-refractivity contribution >= 4 is 69.0 Å². The van der Waals surface area contributed by atoms with Crippen LogP contribution >= 0.6 is 23.2 Å². The minimum absolute atomic E-state index is 0.0300. The summed E-state index contributed by atoms with van der Waals surface area (Å²) in [4.78, 5) is 52.1. The van der Waals surface area contributed by atoms with Crippen LogP contribution in [0.25, 0.3) is 22.3 Å². The van der Waals surface area contributed by atoms with E-state index in [2.05, 4.69) is 0 Å². The summed E-state index contributed by atoms with van der Waals surface area (Å²) >= 11 is 12.8. The predicted molar refractivity (Wildman–Crippen MR) is 130 cm³/mol. The van der Waals surface area contributed by atoms with Gasteiger partial charge in [0.25, 0.3) is 0 Å². The maximum Gasteiger partial charge on any atom is 0.347 e. The standard InChI is InChI=1S/C28H12Cl2O5/c29-17-9-11-19(31)21-13-5-1-3-7-15(13)23(25(17)21)27(33)35-28(34)24-16-8-4-2-6-14(16)22-20(32)12-10-18(30)26(22)24/h1-12H. The molecule has 0 radical (unpaired) electrons. The Morgan fingerprint density at radius 1 is 0.543 bits per heavy atom. The number of allylic oxidation sites excluding steroid dienone is 6. The molecule has 4 aliphatic carbocycles. The first-order valence-electron chi connectivity index (χ1n) is 10.6. The van der Waals surface area contributed by atoms with Gasteiger partial charge in [-0.25, -0.2) is 9.59 Å². The molecule has 0 N–H and O–H groups in total. The second kappa shape index (κ2) is 7.73. The van der Waals surface area contributed by atoms with Crippen LogP contribution in [-0.4, -0.2) is 23.5 Å². The number of carbonyl (C=O) groups excluding carboxylic acids is 4. The van der Waals surface area contributed by atoms with Crippen LogP contribution in [-0.2, 0) is 23.9 Å². The van der Waals surface area contributed by atoms with Crippen molar-refractivity contribution in [2.24, 2.45) is 0 Å². The zero-order chi connectivity index (χ0) is 24.4. The van der Waals surface area contributed by atoms with Crippen LogP contribution < -0.4 is 20.9 Å². The lowest BCUT2D eigenvalue weighted by Crippen LogP contribution is -2.29. The minimum Gasteiger partial charge on any atom is -0.386 e. The van der Waals surface area contributed by atoms with Gasteiger partial charge in [0.15, 0.2) is 11.6 Å². The number of ether oxygens (including phenoxy) is 1. The summed E-state index contributed by atoms with van der Waals surface area (Å²) in [7, 11) is 0. The molecule has 5 nitrogen and oxygen atoms in total. The highest BCUT2D eigenvalue weighted by molar-refractivity contribution is 6.46. The first-order valence-corrected chi connectivity index (χ1v) is 11.3. The molecule has 35 heavy (non-hydrogen) atoms. The van der Waals surface area contributed by atoms with Crippen molar-refractivity contribution in [2.75, 3.05) is 0 Å². The smallest absolute Gasteiger partial charge is 0.347 e. The van der Waals surface area contributed by atoms with E-state index in [9.17, 15) is 19.2 Å². The van der Waals surface area contributed by atoms with Crippen molar-refractivity contribution in [3.05, 3.63) is 115 Å². The molecular weight excluding hydrogens is 487 g/mol. The van der Waals surface area contributed by atoms with E-state index < -0.39 is 11.9 Å². The fraction of sp³-hybridized carbons (Fsp3) is 0. The third-order valence-corrected chi connectivity index (χ3v) is 6.89. The lowest BCUT2D eigenvalue weighted by Gasteiger charge is -2.15. The van der Waals surface area contributed by atoms with Crippen molar-refractivity contribution in [3.8, 4) is 0 Å². The van der Waals surface area contributed by atoms with Crippen LogP contribution in [0.1, 0.15) is 0 Å². The van der Waals surface area contributed by atoms with Crippen LogP contribution in [0.3, 0.4) is 0 Å². The molecule has 0 spiro atoms. The Balaban J connectivity index is 1.50. The number of hydrogen-bond acceptors (Lipinski definition) is 5. The highest BCUT2D eigenvalue weighted by Gasteiger charge is 2.37. The molecule has 0 aliphatic heterocycles. The average Bonchev–Trinajstić information content (AvgIpc) is 3.39. The zero-order valence-electron chi connectivity index (χ0n) is 17.7. The summed E-state index contributed by atoms with van der Waals surface area (Å²) in [5.41, 5.74) is 1.10. The second-order valence-corrected chi connectivity index (χ2v) is 8.92. The monoisotopic (exact) mass is 498 g/mol. The van der Waals surface area contributed by atoms with Gasteiger partial charge in [-0.2, -0.15) is 0 Å². The van der Waals surface area contributed by atoms with Crippen LogP contribution in [0.15, 0.2) is 94.0 Å².